The molecule has 13 heteroatoms. The van der Waals surface area contributed by atoms with Crippen LogP contribution in [0.4, 0.5) is 0 Å². The molecule has 0 aliphatic carbocycles. The van der Waals surface area contributed by atoms with Gasteiger partial charge in [0.25, 0.3) is 5.91 Å². The number of rotatable bonds is 13. The van der Waals surface area contributed by atoms with Crippen LogP contribution in [0.25, 0.3) is 0 Å². The molecule has 0 saturated carbocycles. The molecule has 6 N–H and O–H groups in total. The van der Waals surface area contributed by atoms with Crippen molar-refractivity contribution in [3.05, 3.63) is 28.8 Å². The van der Waals surface area contributed by atoms with E-state index in [9.17, 15) is 23.1 Å². The van der Waals surface area contributed by atoms with Gasteiger partial charge >= 0.3 is 5.97 Å². The number of sulfonamides is 1. The summed E-state index contributed by atoms with van der Waals surface area (Å²) in [5.74, 6) is -2.19. The highest BCUT2D eigenvalue weighted by molar-refractivity contribution is 7.89. The number of benzene rings is 1. The molecule has 0 radical (unpaired) electrons. The Balaban J connectivity index is 1.75. The zero-order valence-electron chi connectivity index (χ0n) is 21.6. The molecule has 37 heavy (non-hydrogen) atoms. The van der Waals surface area contributed by atoms with Crippen molar-refractivity contribution < 1.29 is 28.0 Å². The van der Waals surface area contributed by atoms with Crippen LogP contribution in [0.3, 0.4) is 0 Å². The maximum Gasteiger partial charge on any atom is 0.345 e. The predicted molar refractivity (Wildman–Crippen MR) is 138 cm³/mol. The summed E-state index contributed by atoms with van der Waals surface area (Å²) >= 11 is 0. The highest BCUT2D eigenvalue weighted by Crippen LogP contribution is 2.25. The first-order valence-corrected chi connectivity index (χ1v) is 14.1. The zero-order valence-corrected chi connectivity index (χ0v) is 22.4. The fraction of sp³-hybridized carbons (Fsp3) is 0.625. The van der Waals surface area contributed by atoms with E-state index in [0.29, 0.717) is 43.5 Å². The smallest absolute Gasteiger partial charge is 0.345 e. The summed E-state index contributed by atoms with van der Waals surface area (Å²) in [6.07, 6.45) is 3.58. The van der Waals surface area contributed by atoms with Crippen LogP contribution in [0.1, 0.15) is 55.2 Å². The zero-order chi connectivity index (χ0) is 27.1. The first kappa shape index (κ1) is 29.1. The van der Waals surface area contributed by atoms with E-state index in [2.05, 4.69) is 31.1 Å². The molecule has 1 saturated heterocycles. The predicted octanol–water partition coefficient (Wildman–Crippen LogP) is 0.578. The minimum Gasteiger partial charge on any atom is -0.478 e. The second-order valence-electron chi connectivity index (χ2n) is 9.56. The fourth-order valence-corrected chi connectivity index (χ4v) is 6.44. The van der Waals surface area contributed by atoms with Crippen LogP contribution in [-0.4, -0.2) is 69.3 Å². The van der Waals surface area contributed by atoms with Gasteiger partial charge in [0.15, 0.2) is 12.4 Å². The number of hydrogen-bond acceptors (Lipinski definition) is 9. The highest BCUT2D eigenvalue weighted by Gasteiger charge is 2.45. The summed E-state index contributed by atoms with van der Waals surface area (Å²) < 4.78 is 29.4. The molecule has 1 aromatic carbocycles. The van der Waals surface area contributed by atoms with Crippen molar-refractivity contribution >= 4 is 28.1 Å². The number of nitrogens with zero attached hydrogens (tertiary/aromatic N) is 1. The number of hydroxylamine groups is 1. The van der Waals surface area contributed by atoms with Gasteiger partial charge in [0.05, 0.1) is 4.90 Å². The number of aryl methyl sites for hydroxylation is 3. The van der Waals surface area contributed by atoms with E-state index < -0.39 is 33.7 Å². The monoisotopic (exact) mass is 538 g/mol. The van der Waals surface area contributed by atoms with Gasteiger partial charge in [0.1, 0.15) is 0 Å². The van der Waals surface area contributed by atoms with Crippen LogP contribution >= 0.6 is 0 Å². The van der Waals surface area contributed by atoms with Gasteiger partial charge in [-0.3, -0.25) is 25.3 Å². The summed E-state index contributed by atoms with van der Waals surface area (Å²) in [6.45, 7) is 7.10. The van der Waals surface area contributed by atoms with Crippen LogP contribution in [0, 0.1) is 20.8 Å². The van der Waals surface area contributed by atoms with Crippen molar-refractivity contribution in [1.29, 1.82) is 0 Å². The Hall–Kier alpha value is -2.42. The first-order chi connectivity index (χ1) is 17.5. The SMILES string of the molecule is Cc1cc(C)c(S(=O)(=O)NC(CCCCCNC2N=CCCN2)(NC(=O)C2CCNO2)C(=O)O)c(C)c1. The number of carboxylic acid groups (broad SMARTS) is 1. The van der Waals surface area contributed by atoms with E-state index in [4.69, 9.17) is 4.84 Å². The number of nitrogens with one attached hydrogen (secondary N) is 5. The van der Waals surface area contributed by atoms with E-state index in [1.54, 1.807) is 26.0 Å². The molecule has 1 amide bonds. The first-order valence-electron chi connectivity index (χ1n) is 12.6. The van der Waals surface area contributed by atoms with E-state index in [0.717, 1.165) is 24.9 Å². The van der Waals surface area contributed by atoms with Crippen molar-refractivity contribution in [3.63, 3.8) is 0 Å². The van der Waals surface area contributed by atoms with E-state index in [-0.39, 0.29) is 17.6 Å². The van der Waals surface area contributed by atoms with Crippen LogP contribution < -0.4 is 26.2 Å². The molecule has 3 unspecified atom stereocenters. The van der Waals surface area contributed by atoms with Gasteiger partial charge in [-0.2, -0.15) is 4.72 Å². The second kappa shape index (κ2) is 12.9. The quantitative estimate of drug-likeness (QED) is 0.155. The largest absolute Gasteiger partial charge is 0.478 e. The van der Waals surface area contributed by atoms with Crippen LogP contribution in [0.15, 0.2) is 22.0 Å². The van der Waals surface area contributed by atoms with Crippen LogP contribution in [0.2, 0.25) is 0 Å². The van der Waals surface area contributed by atoms with Gasteiger partial charge in [-0.15, -0.1) is 0 Å². The standard InChI is InChI=1S/C24H38N6O6S/c1-16-14-17(2)20(18(3)15-16)37(34,35)30-24(22(32)33,29-21(31)19-8-13-28-36-19)9-5-4-6-10-25-23-26-11-7-12-27-23/h11,14-15,19,23,25,27-28,30H,4-10,12-13H2,1-3H3,(H,29,31)(H,32,33). The normalized spacial score (nSPS) is 21.5. The molecule has 12 nitrogen and oxygen atoms in total. The molecule has 0 bridgehead atoms. The molecule has 0 spiro atoms. The lowest BCUT2D eigenvalue weighted by Crippen LogP contribution is -2.66. The summed E-state index contributed by atoms with van der Waals surface area (Å²) in [5, 5.41) is 19.2. The van der Waals surface area contributed by atoms with Gasteiger partial charge < -0.3 is 10.4 Å². The molecule has 3 atom stereocenters. The lowest BCUT2D eigenvalue weighted by atomic mass is 10.0. The van der Waals surface area contributed by atoms with E-state index >= 15 is 0 Å². The van der Waals surface area contributed by atoms with E-state index in [1.807, 2.05) is 13.1 Å². The third kappa shape index (κ3) is 7.79. The number of unbranched alkanes of at least 4 members (excludes halogenated alkanes) is 2. The Morgan fingerprint density at radius 3 is 2.49 bits per heavy atom. The van der Waals surface area contributed by atoms with Crippen LogP contribution in [-0.2, 0) is 24.4 Å². The second-order valence-corrected chi connectivity index (χ2v) is 11.2. The molecule has 2 heterocycles. The molecule has 2 aliphatic rings. The Morgan fingerprint density at radius 1 is 1.16 bits per heavy atom. The van der Waals surface area contributed by atoms with Crippen molar-refractivity contribution in [2.45, 2.75) is 82.2 Å². The lowest BCUT2D eigenvalue weighted by molar-refractivity contribution is -0.151. The number of carbonyl (C=O) groups is 2. The summed E-state index contributed by atoms with van der Waals surface area (Å²) in [4.78, 5) is 34.9. The highest BCUT2D eigenvalue weighted by atomic mass is 32.2. The molecular formula is C24H38N6O6S. The van der Waals surface area contributed by atoms with Gasteiger partial charge in [-0.05, 0) is 70.5 Å². The number of aliphatic carboxylic acids is 1. The number of amides is 1. The van der Waals surface area contributed by atoms with Crippen molar-refractivity contribution in [3.8, 4) is 0 Å². The minimum absolute atomic E-state index is 0.00138. The summed E-state index contributed by atoms with van der Waals surface area (Å²) in [6, 6.07) is 3.44. The Labute approximate surface area is 218 Å². The molecule has 1 aromatic rings. The van der Waals surface area contributed by atoms with Gasteiger partial charge in [-0.1, -0.05) is 24.1 Å². The summed E-state index contributed by atoms with van der Waals surface area (Å²) in [5.41, 5.74) is 2.21. The number of carboxylic acids is 1. The Kier molecular flexibility index (Phi) is 10.2. The van der Waals surface area contributed by atoms with Crippen molar-refractivity contribution in [1.82, 2.24) is 26.2 Å². The van der Waals surface area contributed by atoms with Crippen molar-refractivity contribution in [2.75, 3.05) is 19.6 Å². The number of hydrogen-bond donors (Lipinski definition) is 6. The molecule has 0 aromatic heterocycles. The molecule has 3 rings (SSSR count). The molecule has 1 fully saturated rings. The molecule has 2 aliphatic heterocycles. The van der Waals surface area contributed by atoms with E-state index in [1.165, 1.54) is 0 Å². The van der Waals surface area contributed by atoms with Gasteiger partial charge in [0, 0.05) is 19.3 Å². The molecule has 206 valence electrons. The average molecular weight is 539 g/mol. The maximum absolute atomic E-state index is 13.5. The number of aliphatic imine (C=N–C) groups is 1. The Morgan fingerprint density at radius 2 is 1.89 bits per heavy atom. The Bertz CT molecular complexity index is 1080. The summed E-state index contributed by atoms with van der Waals surface area (Å²) in [7, 11) is -4.31. The molecular weight excluding hydrogens is 500 g/mol. The third-order valence-electron chi connectivity index (χ3n) is 6.34. The third-order valence-corrected chi connectivity index (χ3v) is 8.14. The number of carbonyl (C=O) groups excluding carboxylic acids is 1. The van der Waals surface area contributed by atoms with Gasteiger partial charge in [-0.25, -0.2) is 18.7 Å². The lowest BCUT2D eigenvalue weighted by Gasteiger charge is -2.32. The van der Waals surface area contributed by atoms with Crippen molar-refractivity contribution in [2.24, 2.45) is 4.99 Å². The average Bonchev–Trinajstić information content (AvgIpc) is 3.36. The van der Waals surface area contributed by atoms with Gasteiger partial charge in [0.2, 0.25) is 15.7 Å². The fourth-order valence-electron chi connectivity index (χ4n) is 4.67. The maximum atomic E-state index is 13.5. The van der Waals surface area contributed by atoms with Crippen LogP contribution in [0.5, 0.6) is 0 Å². The minimum atomic E-state index is -4.31. The topological polar surface area (TPSA) is 170 Å².